The Morgan fingerprint density at radius 3 is 1.59 bits per heavy atom. The second-order valence-electron chi connectivity index (χ2n) is 3.76. The van der Waals surface area contributed by atoms with Gasteiger partial charge in [-0.1, -0.05) is 59.0 Å². The van der Waals surface area contributed by atoms with E-state index < -0.39 is 0 Å². The van der Waals surface area contributed by atoms with Crippen molar-refractivity contribution < 1.29 is 19.1 Å². The van der Waals surface area contributed by atoms with Crippen LogP contribution in [0, 0.1) is 0 Å². The highest BCUT2D eigenvalue weighted by molar-refractivity contribution is 14.1. The van der Waals surface area contributed by atoms with Crippen LogP contribution in [0.2, 0.25) is 0 Å². The maximum atomic E-state index is 11.2. The second-order valence-corrected chi connectivity index (χ2v) is 8.02. The van der Waals surface area contributed by atoms with Crippen LogP contribution in [0.25, 0.3) is 0 Å². The molecular weight excluding hydrogens is 450 g/mol. The van der Waals surface area contributed by atoms with Crippen LogP contribution >= 0.6 is 45.2 Å². The lowest BCUT2D eigenvalue weighted by atomic mass is 10.3. The Morgan fingerprint density at radius 1 is 0.941 bits per heavy atom. The SMILES string of the molecule is CC(I)CC(=O)OCCCOC(=O)CC(C)I. The largest absolute Gasteiger partial charge is 0.466 e. The third-order valence-electron chi connectivity index (χ3n) is 1.71. The van der Waals surface area contributed by atoms with Gasteiger partial charge in [-0.15, -0.1) is 0 Å². The average Bonchev–Trinajstić information content (AvgIpc) is 2.14. The highest BCUT2D eigenvalue weighted by atomic mass is 127. The molecule has 17 heavy (non-hydrogen) atoms. The summed E-state index contributed by atoms with van der Waals surface area (Å²) in [5.41, 5.74) is 0. The lowest BCUT2D eigenvalue weighted by Gasteiger charge is -2.07. The van der Waals surface area contributed by atoms with Crippen molar-refractivity contribution in [1.29, 1.82) is 0 Å². The Bertz CT molecular complexity index is 218. The zero-order valence-electron chi connectivity index (χ0n) is 10.1. The minimum absolute atomic E-state index is 0.195. The van der Waals surface area contributed by atoms with Crippen LogP contribution in [-0.4, -0.2) is 33.0 Å². The van der Waals surface area contributed by atoms with E-state index in [2.05, 4.69) is 45.2 Å². The van der Waals surface area contributed by atoms with Gasteiger partial charge in [0, 0.05) is 14.3 Å². The van der Waals surface area contributed by atoms with E-state index in [0.717, 1.165) is 0 Å². The van der Waals surface area contributed by atoms with Gasteiger partial charge in [0.2, 0.25) is 0 Å². The predicted octanol–water partition coefficient (Wildman–Crippen LogP) is 2.89. The molecule has 0 amide bonds. The molecule has 0 fully saturated rings. The molecule has 4 nitrogen and oxygen atoms in total. The van der Waals surface area contributed by atoms with Gasteiger partial charge in [-0.2, -0.15) is 0 Å². The van der Waals surface area contributed by atoms with Gasteiger partial charge in [-0.05, 0) is 0 Å². The zero-order chi connectivity index (χ0) is 13.3. The third kappa shape index (κ3) is 12.6. The van der Waals surface area contributed by atoms with E-state index in [4.69, 9.17) is 9.47 Å². The summed E-state index contributed by atoms with van der Waals surface area (Å²) in [6, 6.07) is 0. The molecule has 0 aliphatic rings. The summed E-state index contributed by atoms with van der Waals surface area (Å²) in [6.07, 6.45) is 1.40. The maximum Gasteiger partial charge on any atom is 0.306 e. The van der Waals surface area contributed by atoms with E-state index in [-0.39, 0.29) is 19.8 Å². The minimum atomic E-state index is -0.195. The lowest BCUT2D eigenvalue weighted by molar-refractivity contribution is -0.145. The second kappa shape index (κ2) is 10.3. The molecule has 0 rings (SSSR count). The normalized spacial score (nSPS) is 13.9. The molecule has 0 radical (unpaired) electrons. The minimum Gasteiger partial charge on any atom is -0.466 e. The highest BCUT2D eigenvalue weighted by Crippen LogP contribution is 2.06. The summed E-state index contributed by atoms with van der Waals surface area (Å²) >= 11 is 4.35. The van der Waals surface area contributed by atoms with Crippen LogP contribution in [-0.2, 0) is 19.1 Å². The van der Waals surface area contributed by atoms with Crippen molar-refractivity contribution in [3.05, 3.63) is 0 Å². The monoisotopic (exact) mass is 468 g/mol. The van der Waals surface area contributed by atoms with Crippen molar-refractivity contribution in [2.75, 3.05) is 13.2 Å². The summed E-state index contributed by atoms with van der Waals surface area (Å²) in [4.78, 5) is 22.3. The number of hydrogen-bond acceptors (Lipinski definition) is 4. The average molecular weight is 468 g/mol. The highest BCUT2D eigenvalue weighted by Gasteiger charge is 2.08. The van der Waals surface area contributed by atoms with Crippen molar-refractivity contribution in [3.63, 3.8) is 0 Å². The molecule has 0 aliphatic carbocycles. The topological polar surface area (TPSA) is 52.6 Å². The molecule has 0 spiro atoms. The maximum absolute atomic E-state index is 11.2. The first-order valence-corrected chi connectivity index (χ1v) is 8.00. The number of ether oxygens (including phenoxy) is 2. The lowest BCUT2D eigenvalue weighted by Crippen LogP contribution is -2.13. The van der Waals surface area contributed by atoms with Gasteiger partial charge < -0.3 is 9.47 Å². The van der Waals surface area contributed by atoms with Crippen molar-refractivity contribution in [3.8, 4) is 0 Å². The Morgan fingerprint density at radius 2 is 1.29 bits per heavy atom. The van der Waals surface area contributed by atoms with Gasteiger partial charge in [0.15, 0.2) is 0 Å². The molecule has 0 N–H and O–H groups in total. The molecule has 0 aromatic heterocycles. The van der Waals surface area contributed by atoms with Gasteiger partial charge >= 0.3 is 11.9 Å². The number of halogens is 2. The number of alkyl halides is 2. The van der Waals surface area contributed by atoms with Crippen LogP contribution in [0.4, 0.5) is 0 Å². The van der Waals surface area contributed by atoms with Gasteiger partial charge in [-0.3, -0.25) is 9.59 Å². The molecule has 0 aliphatic heterocycles. The Labute approximate surface area is 129 Å². The van der Waals surface area contributed by atoms with Crippen molar-refractivity contribution >= 4 is 57.1 Å². The molecular formula is C11H18I2O4. The first-order valence-electron chi connectivity index (χ1n) is 5.51. The summed E-state index contributed by atoms with van der Waals surface area (Å²) < 4.78 is 10.5. The predicted molar refractivity (Wildman–Crippen MR) is 82.7 cm³/mol. The first kappa shape index (κ1) is 17.4. The third-order valence-corrected chi connectivity index (χ3v) is 2.59. The van der Waals surface area contributed by atoms with E-state index in [0.29, 0.717) is 32.5 Å². The smallest absolute Gasteiger partial charge is 0.306 e. The van der Waals surface area contributed by atoms with Crippen LogP contribution in [0.3, 0.4) is 0 Å². The summed E-state index contributed by atoms with van der Waals surface area (Å²) in [7, 11) is 0. The van der Waals surface area contributed by atoms with E-state index in [1.165, 1.54) is 0 Å². The fourth-order valence-corrected chi connectivity index (χ4v) is 1.73. The molecule has 100 valence electrons. The van der Waals surface area contributed by atoms with Crippen molar-refractivity contribution in [1.82, 2.24) is 0 Å². The quantitative estimate of drug-likeness (QED) is 0.238. The van der Waals surface area contributed by atoms with E-state index >= 15 is 0 Å². The van der Waals surface area contributed by atoms with Gasteiger partial charge in [0.25, 0.3) is 0 Å². The summed E-state index contributed by atoms with van der Waals surface area (Å²) in [5.74, 6) is -0.391. The molecule has 0 aromatic carbocycles. The van der Waals surface area contributed by atoms with E-state index in [1.807, 2.05) is 13.8 Å². The van der Waals surface area contributed by atoms with Crippen LogP contribution < -0.4 is 0 Å². The molecule has 0 aromatic rings. The Kier molecular flexibility index (Phi) is 10.6. The number of carbonyl (C=O) groups is 2. The number of hydrogen-bond donors (Lipinski definition) is 0. The summed E-state index contributed by atoms with van der Waals surface area (Å²) in [6.45, 7) is 4.54. The molecule has 0 saturated carbocycles. The van der Waals surface area contributed by atoms with Gasteiger partial charge in [-0.25, -0.2) is 0 Å². The standard InChI is InChI=1S/C11H18I2O4/c1-8(12)6-10(14)16-4-3-5-17-11(15)7-9(2)13/h8-9H,3-7H2,1-2H3. The van der Waals surface area contributed by atoms with E-state index in [1.54, 1.807) is 0 Å². The van der Waals surface area contributed by atoms with Crippen molar-refractivity contribution in [2.24, 2.45) is 0 Å². The van der Waals surface area contributed by atoms with Crippen LogP contribution in [0.1, 0.15) is 33.1 Å². The number of esters is 2. The number of rotatable bonds is 8. The number of carbonyl (C=O) groups excluding carboxylic acids is 2. The zero-order valence-corrected chi connectivity index (χ0v) is 14.4. The van der Waals surface area contributed by atoms with Gasteiger partial charge in [0.1, 0.15) is 0 Å². The first-order chi connectivity index (χ1) is 7.91. The molecule has 2 unspecified atom stereocenters. The van der Waals surface area contributed by atoms with E-state index in [9.17, 15) is 9.59 Å². The van der Waals surface area contributed by atoms with Crippen LogP contribution in [0.15, 0.2) is 0 Å². The summed E-state index contributed by atoms with van der Waals surface area (Å²) in [5, 5.41) is 0. The van der Waals surface area contributed by atoms with Crippen LogP contribution in [0.5, 0.6) is 0 Å². The molecule has 0 heterocycles. The Hall–Kier alpha value is 0.400. The van der Waals surface area contributed by atoms with Crippen molar-refractivity contribution in [2.45, 2.75) is 41.0 Å². The molecule has 2 atom stereocenters. The molecule has 6 heteroatoms. The molecule has 0 bridgehead atoms. The Balaban J connectivity index is 3.40. The molecule has 0 saturated heterocycles. The fraction of sp³-hybridized carbons (Fsp3) is 0.818. The van der Waals surface area contributed by atoms with Gasteiger partial charge in [0.05, 0.1) is 26.1 Å². The fourth-order valence-electron chi connectivity index (χ4n) is 1.01.